The van der Waals surface area contributed by atoms with Crippen molar-refractivity contribution in [3.63, 3.8) is 0 Å². The van der Waals surface area contributed by atoms with Gasteiger partial charge in [-0.1, -0.05) is 12.1 Å². The Kier molecular flexibility index (Phi) is 7.08. The molecule has 0 saturated carbocycles. The summed E-state index contributed by atoms with van der Waals surface area (Å²) in [6.45, 7) is 2.63. The first kappa shape index (κ1) is 22.9. The van der Waals surface area contributed by atoms with Gasteiger partial charge in [0.25, 0.3) is 5.91 Å². The number of anilines is 4. The lowest BCUT2D eigenvalue weighted by atomic mass is 10.2. The number of alkyl carbamates (subject to hydrolysis) is 1. The molecule has 4 rings (SSSR count). The number of methoxy groups -OCH3 is 1. The summed E-state index contributed by atoms with van der Waals surface area (Å²) in [4.78, 5) is 37.2. The van der Waals surface area contributed by atoms with Crippen LogP contribution in [-0.4, -0.2) is 51.5 Å². The normalized spacial score (nSPS) is 10.5. The minimum absolute atomic E-state index is 0.313. The molecule has 3 aromatic heterocycles. The molecule has 0 bridgehead atoms. The van der Waals surface area contributed by atoms with Crippen LogP contribution in [0.1, 0.15) is 16.1 Å². The molecule has 34 heavy (non-hydrogen) atoms. The van der Waals surface area contributed by atoms with Crippen LogP contribution in [0.4, 0.5) is 27.1 Å². The number of benzene rings is 1. The van der Waals surface area contributed by atoms with E-state index < -0.39 is 6.09 Å². The van der Waals surface area contributed by atoms with E-state index in [1.165, 1.54) is 18.6 Å². The summed E-state index contributed by atoms with van der Waals surface area (Å²) in [6, 6.07) is 11.0. The maximum atomic E-state index is 13.0. The fourth-order valence-electron chi connectivity index (χ4n) is 3.05. The lowest BCUT2D eigenvalue weighted by Gasteiger charge is -2.10. The molecular formula is C22H22N8O3S. The van der Waals surface area contributed by atoms with E-state index in [0.29, 0.717) is 46.7 Å². The Morgan fingerprint density at radius 3 is 2.59 bits per heavy atom. The van der Waals surface area contributed by atoms with Gasteiger partial charge in [0.05, 0.1) is 47.5 Å². The molecule has 11 nitrogen and oxygen atoms in total. The van der Waals surface area contributed by atoms with Crippen LogP contribution in [-0.2, 0) is 4.74 Å². The average molecular weight is 479 g/mol. The molecule has 0 aliphatic heterocycles. The standard InChI is InChI=1S/C22H22N8O3S/c1-13-19(21(34-30-13)29-18-12-25-15-5-3-4-6-16(15)28-18)20(31)27-14-7-8-17(26-11-14)23-9-10-24-22(32)33-2/h3-8,11-12H,9-10H2,1-2H3,(H,23,26)(H,24,32)(H,27,31)(H,28,29). The number of fused-ring (bicyclic) bond motifs is 1. The van der Waals surface area contributed by atoms with Gasteiger partial charge in [0.1, 0.15) is 16.6 Å². The first-order chi connectivity index (χ1) is 16.5. The number of pyridine rings is 1. The molecule has 174 valence electrons. The second-order valence-corrected chi connectivity index (χ2v) is 7.85. The van der Waals surface area contributed by atoms with Gasteiger partial charge < -0.3 is 26.0 Å². The molecule has 0 fully saturated rings. The van der Waals surface area contributed by atoms with Crippen molar-refractivity contribution in [3.8, 4) is 0 Å². The topological polar surface area (TPSA) is 143 Å². The number of aryl methyl sites for hydroxylation is 1. The van der Waals surface area contributed by atoms with Crippen LogP contribution < -0.4 is 21.3 Å². The predicted octanol–water partition coefficient (Wildman–Crippen LogP) is 3.55. The Hall–Kier alpha value is -4.32. The summed E-state index contributed by atoms with van der Waals surface area (Å²) in [5, 5.41) is 12.2. The van der Waals surface area contributed by atoms with E-state index in [9.17, 15) is 9.59 Å². The van der Waals surface area contributed by atoms with Crippen molar-refractivity contribution < 1.29 is 14.3 Å². The Balaban J connectivity index is 1.39. The van der Waals surface area contributed by atoms with Crippen molar-refractivity contribution in [3.05, 3.63) is 60.0 Å². The van der Waals surface area contributed by atoms with E-state index in [1.54, 1.807) is 31.5 Å². The van der Waals surface area contributed by atoms with Crippen molar-refractivity contribution >= 4 is 56.9 Å². The van der Waals surface area contributed by atoms with Crippen molar-refractivity contribution in [1.29, 1.82) is 0 Å². The van der Waals surface area contributed by atoms with Gasteiger partial charge >= 0.3 is 6.09 Å². The number of hydrogen-bond acceptors (Lipinski definition) is 10. The summed E-state index contributed by atoms with van der Waals surface area (Å²) in [7, 11) is 1.31. The minimum atomic E-state index is -0.493. The fourth-order valence-corrected chi connectivity index (χ4v) is 3.85. The zero-order chi connectivity index (χ0) is 23.9. The van der Waals surface area contributed by atoms with Crippen molar-refractivity contribution in [1.82, 2.24) is 24.6 Å². The van der Waals surface area contributed by atoms with Gasteiger partial charge in [0.2, 0.25) is 0 Å². The number of amides is 2. The zero-order valence-corrected chi connectivity index (χ0v) is 19.3. The Bertz CT molecular complexity index is 1310. The van der Waals surface area contributed by atoms with Gasteiger partial charge in [-0.05, 0) is 42.7 Å². The zero-order valence-electron chi connectivity index (χ0n) is 18.5. The summed E-state index contributed by atoms with van der Waals surface area (Å²) in [5.74, 6) is 0.817. The number of carbonyl (C=O) groups excluding carboxylic acids is 2. The van der Waals surface area contributed by atoms with Crippen LogP contribution in [0.2, 0.25) is 0 Å². The second-order valence-electron chi connectivity index (χ2n) is 7.07. The third-order valence-electron chi connectivity index (χ3n) is 4.69. The number of hydrogen-bond donors (Lipinski definition) is 4. The summed E-state index contributed by atoms with van der Waals surface area (Å²) < 4.78 is 8.82. The maximum Gasteiger partial charge on any atom is 0.406 e. The van der Waals surface area contributed by atoms with Gasteiger partial charge in [0, 0.05) is 13.1 Å². The first-order valence-electron chi connectivity index (χ1n) is 10.3. The Morgan fingerprint density at radius 1 is 1.00 bits per heavy atom. The van der Waals surface area contributed by atoms with Crippen molar-refractivity contribution in [2.75, 3.05) is 36.1 Å². The molecule has 0 unspecified atom stereocenters. The number of nitrogens with one attached hydrogen (secondary N) is 4. The van der Waals surface area contributed by atoms with E-state index in [4.69, 9.17) is 0 Å². The molecule has 4 aromatic rings. The summed E-state index contributed by atoms with van der Waals surface area (Å²) in [6.07, 6.45) is 2.67. The number of nitrogens with zero attached hydrogens (tertiary/aromatic N) is 4. The maximum absolute atomic E-state index is 13.0. The highest BCUT2D eigenvalue weighted by atomic mass is 32.1. The van der Waals surface area contributed by atoms with Crippen LogP contribution in [0, 0.1) is 6.92 Å². The van der Waals surface area contributed by atoms with Crippen LogP contribution in [0.3, 0.4) is 0 Å². The number of carbonyl (C=O) groups is 2. The van der Waals surface area contributed by atoms with Crippen LogP contribution in [0.15, 0.2) is 48.8 Å². The van der Waals surface area contributed by atoms with Gasteiger partial charge in [-0.15, -0.1) is 0 Å². The lowest BCUT2D eigenvalue weighted by Crippen LogP contribution is -2.28. The molecule has 0 saturated heterocycles. The highest BCUT2D eigenvalue weighted by molar-refractivity contribution is 7.10. The molecule has 3 heterocycles. The minimum Gasteiger partial charge on any atom is -0.453 e. The predicted molar refractivity (Wildman–Crippen MR) is 131 cm³/mol. The molecule has 4 N–H and O–H groups in total. The van der Waals surface area contributed by atoms with E-state index in [2.05, 4.69) is 45.3 Å². The smallest absolute Gasteiger partial charge is 0.406 e. The molecule has 1 aromatic carbocycles. The van der Waals surface area contributed by atoms with E-state index >= 15 is 0 Å². The fraction of sp³-hybridized carbons (Fsp3) is 0.182. The Morgan fingerprint density at radius 2 is 1.82 bits per heavy atom. The molecule has 12 heteroatoms. The van der Waals surface area contributed by atoms with Gasteiger partial charge in [-0.2, -0.15) is 4.37 Å². The molecular weight excluding hydrogens is 456 g/mol. The SMILES string of the molecule is COC(=O)NCCNc1ccc(NC(=O)c2c(C)nsc2Nc2cnc3ccccc3n2)cn1. The largest absolute Gasteiger partial charge is 0.453 e. The highest BCUT2D eigenvalue weighted by Crippen LogP contribution is 2.28. The van der Waals surface area contributed by atoms with Crippen molar-refractivity contribution in [2.45, 2.75) is 6.92 Å². The Labute approximate surface area is 199 Å². The van der Waals surface area contributed by atoms with E-state index in [0.717, 1.165) is 11.0 Å². The molecule has 0 radical (unpaired) electrons. The van der Waals surface area contributed by atoms with Crippen LogP contribution in [0.5, 0.6) is 0 Å². The van der Waals surface area contributed by atoms with Gasteiger partial charge in [-0.25, -0.2) is 14.8 Å². The monoisotopic (exact) mass is 478 g/mol. The van der Waals surface area contributed by atoms with E-state index in [-0.39, 0.29) is 5.91 Å². The molecule has 0 aliphatic rings. The first-order valence-corrected chi connectivity index (χ1v) is 11.1. The number of ether oxygens (including phenoxy) is 1. The molecule has 0 spiro atoms. The number of para-hydroxylation sites is 2. The summed E-state index contributed by atoms with van der Waals surface area (Å²) in [5.41, 5.74) is 3.10. The van der Waals surface area contributed by atoms with Gasteiger partial charge in [-0.3, -0.25) is 9.78 Å². The molecule has 0 aliphatic carbocycles. The lowest BCUT2D eigenvalue weighted by molar-refractivity contribution is 0.102. The molecule has 0 atom stereocenters. The van der Waals surface area contributed by atoms with Crippen molar-refractivity contribution in [2.24, 2.45) is 0 Å². The summed E-state index contributed by atoms with van der Waals surface area (Å²) >= 11 is 1.18. The quantitative estimate of drug-likeness (QED) is 0.280. The average Bonchev–Trinajstić information content (AvgIpc) is 3.22. The highest BCUT2D eigenvalue weighted by Gasteiger charge is 2.19. The second kappa shape index (κ2) is 10.5. The van der Waals surface area contributed by atoms with Crippen LogP contribution in [0.25, 0.3) is 11.0 Å². The van der Waals surface area contributed by atoms with Crippen LogP contribution >= 0.6 is 11.5 Å². The number of aromatic nitrogens is 4. The number of rotatable bonds is 8. The third-order valence-corrected chi connectivity index (χ3v) is 5.54. The van der Waals surface area contributed by atoms with E-state index in [1.807, 2.05) is 24.3 Å². The van der Waals surface area contributed by atoms with Gasteiger partial charge in [0.15, 0.2) is 0 Å². The third kappa shape index (κ3) is 5.53. The molecule has 2 amide bonds.